The zero-order chi connectivity index (χ0) is 24.7. The topological polar surface area (TPSA) is 89.2 Å². The first kappa shape index (κ1) is 23.3. The van der Waals surface area contributed by atoms with Crippen molar-refractivity contribution >= 4 is 61.2 Å². The lowest BCUT2D eigenvalue weighted by molar-refractivity contribution is 0.0601. The summed E-state index contributed by atoms with van der Waals surface area (Å²) in [4.78, 5) is 13.5. The van der Waals surface area contributed by atoms with E-state index in [1.54, 1.807) is 17.5 Å². The standard InChI is InChI=1S/C25H15ClN2O4S3/c1-32-25(29)15-4-9-18-20(13-15)28(35(30,31)17-7-5-16(26)6-8-17)24(21-3-2-11-33-21)23(18)19-10-12-34-22(19)14-27/h2-13H,1H3. The maximum absolute atomic E-state index is 14.1. The Bertz CT molecular complexity index is 1730. The van der Waals surface area contributed by atoms with E-state index in [4.69, 9.17) is 16.3 Å². The Labute approximate surface area is 214 Å². The van der Waals surface area contributed by atoms with Crippen LogP contribution in [-0.2, 0) is 14.8 Å². The van der Waals surface area contributed by atoms with E-state index in [1.807, 2.05) is 23.6 Å². The van der Waals surface area contributed by atoms with Gasteiger partial charge in [-0.05, 0) is 59.3 Å². The molecule has 0 bridgehead atoms. The molecule has 174 valence electrons. The number of aromatic nitrogens is 1. The van der Waals surface area contributed by atoms with E-state index in [-0.39, 0.29) is 10.5 Å². The molecule has 0 unspecified atom stereocenters. The number of hydrogen-bond donors (Lipinski definition) is 0. The molecule has 10 heteroatoms. The van der Waals surface area contributed by atoms with Crippen LogP contribution in [0.15, 0.2) is 76.3 Å². The van der Waals surface area contributed by atoms with E-state index >= 15 is 0 Å². The van der Waals surface area contributed by atoms with Crippen LogP contribution in [0.5, 0.6) is 0 Å². The van der Waals surface area contributed by atoms with Crippen molar-refractivity contribution < 1.29 is 17.9 Å². The van der Waals surface area contributed by atoms with E-state index in [9.17, 15) is 18.5 Å². The van der Waals surface area contributed by atoms with Gasteiger partial charge in [-0.1, -0.05) is 23.7 Å². The van der Waals surface area contributed by atoms with Crippen LogP contribution in [0.2, 0.25) is 5.02 Å². The van der Waals surface area contributed by atoms with Gasteiger partial charge in [-0.15, -0.1) is 22.7 Å². The van der Waals surface area contributed by atoms with E-state index in [0.717, 1.165) is 0 Å². The van der Waals surface area contributed by atoms with Crippen molar-refractivity contribution in [3.05, 3.63) is 86.9 Å². The quantitative estimate of drug-likeness (QED) is 0.234. The zero-order valence-electron chi connectivity index (χ0n) is 18.1. The number of halogens is 1. The molecule has 3 heterocycles. The number of benzene rings is 2. The lowest BCUT2D eigenvalue weighted by Gasteiger charge is -2.13. The van der Waals surface area contributed by atoms with Crippen molar-refractivity contribution in [2.75, 3.05) is 7.11 Å². The summed E-state index contributed by atoms with van der Waals surface area (Å²) in [5.74, 6) is -0.587. The molecule has 0 radical (unpaired) electrons. The van der Waals surface area contributed by atoms with Crippen LogP contribution in [0.4, 0.5) is 0 Å². The summed E-state index contributed by atoms with van der Waals surface area (Å²) in [7, 11) is -2.88. The molecular weight excluding hydrogens is 524 g/mol. The fraction of sp³-hybridized carbons (Fsp3) is 0.0400. The largest absolute Gasteiger partial charge is 0.465 e. The molecule has 2 aromatic carbocycles. The highest BCUT2D eigenvalue weighted by Gasteiger charge is 2.31. The van der Waals surface area contributed by atoms with Gasteiger partial charge in [-0.2, -0.15) is 5.26 Å². The number of fused-ring (bicyclic) bond motifs is 1. The predicted molar refractivity (Wildman–Crippen MR) is 139 cm³/mol. The number of hydrogen-bond acceptors (Lipinski definition) is 7. The molecule has 0 saturated heterocycles. The first-order valence-electron chi connectivity index (χ1n) is 10.2. The minimum atomic E-state index is -4.14. The minimum absolute atomic E-state index is 0.0393. The third-order valence-corrected chi connectivity index (χ3v) is 9.16. The predicted octanol–water partition coefficient (Wildman–Crippen LogP) is 6.65. The monoisotopic (exact) mass is 538 g/mol. The van der Waals surface area contributed by atoms with Crippen LogP contribution in [0, 0.1) is 11.3 Å². The van der Waals surface area contributed by atoms with Crippen LogP contribution in [-0.4, -0.2) is 25.5 Å². The van der Waals surface area contributed by atoms with Crippen molar-refractivity contribution in [1.82, 2.24) is 3.97 Å². The summed E-state index contributed by atoms with van der Waals surface area (Å²) in [6, 6.07) is 18.4. The van der Waals surface area contributed by atoms with E-state index < -0.39 is 16.0 Å². The van der Waals surface area contributed by atoms with Gasteiger partial charge in [0, 0.05) is 21.5 Å². The summed E-state index contributed by atoms with van der Waals surface area (Å²) >= 11 is 8.67. The maximum Gasteiger partial charge on any atom is 0.337 e. The molecule has 6 nitrogen and oxygen atoms in total. The molecule has 0 N–H and O–H groups in total. The van der Waals surface area contributed by atoms with Crippen LogP contribution in [0.1, 0.15) is 15.2 Å². The fourth-order valence-corrected chi connectivity index (χ4v) is 7.14. The van der Waals surface area contributed by atoms with E-state index in [2.05, 4.69) is 6.07 Å². The lowest BCUT2D eigenvalue weighted by atomic mass is 10.0. The Morgan fingerprint density at radius 3 is 2.49 bits per heavy atom. The molecule has 0 aliphatic heterocycles. The third kappa shape index (κ3) is 3.85. The third-order valence-electron chi connectivity index (χ3n) is 5.49. The Hall–Kier alpha value is -3.42. The van der Waals surface area contributed by atoms with Gasteiger partial charge >= 0.3 is 5.97 Å². The first-order chi connectivity index (χ1) is 16.9. The van der Waals surface area contributed by atoms with Crippen LogP contribution >= 0.6 is 34.3 Å². The van der Waals surface area contributed by atoms with Crippen LogP contribution in [0.3, 0.4) is 0 Å². The number of ether oxygens (including phenoxy) is 1. The van der Waals surface area contributed by atoms with Gasteiger partial charge in [0.1, 0.15) is 10.9 Å². The SMILES string of the molecule is COC(=O)c1ccc2c(-c3ccsc3C#N)c(-c3cccs3)n(S(=O)(=O)c3ccc(Cl)cc3)c2c1. The molecule has 0 aliphatic rings. The summed E-state index contributed by atoms with van der Waals surface area (Å²) in [6.45, 7) is 0. The van der Waals surface area contributed by atoms with Gasteiger partial charge in [0.15, 0.2) is 0 Å². The molecule has 5 rings (SSSR count). The maximum atomic E-state index is 14.1. The normalized spacial score (nSPS) is 11.5. The Kier molecular flexibility index (Phi) is 5.99. The van der Waals surface area contributed by atoms with Crippen molar-refractivity contribution in [3.8, 4) is 27.8 Å². The van der Waals surface area contributed by atoms with Crippen molar-refractivity contribution in [2.45, 2.75) is 4.90 Å². The summed E-state index contributed by atoms with van der Waals surface area (Å²) < 4.78 is 34.3. The van der Waals surface area contributed by atoms with Gasteiger partial charge < -0.3 is 4.74 Å². The Balaban J connectivity index is 1.98. The number of esters is 1. The van der Waals surface area contributed by atoms with Gasteiger partial charge in [-0.3, -0.25) is 0 Å². The number of thiophene rings is 2. The van der Waals surface area contributed by atoms with Gasteiger partial charge in [-0.25, -0.2) is 17.2 Å². The number of rotatable bonds is 5. The highest BCUT2D eigenvalue weighted by atomic mass is 35.5. The summed E-state index contributed by atoms with van der Waals surface area (Å²) in [5, 5.41) is 14.4. The fourth-order valence-electron chi connectivity index (χ4n) is 3.97. The molecule has 0 amide bonds. The van der Waals surface area contributed by atoms with Crippen molar-refractivity contribution in [3.63, 3.8) is 0 Å². The minimum Gasteiger partial charge on any atom is -0.465 e. The molecule has 0 aliphatic carbocycles. The van der Waals surface area contributed by atoms with Crippen molar-refractivity contribution in [2.24, 2.45) is 0 Å². The summed E-state index contributed by atoms with van der Waals surface area (Å²) in [5.41, 5.74) is 2.16. The lowest BCUT2D eigenvalue weighted by Crippen LogP contribution is -2.14. The number of carbonyl (C=O) groups is 1. The van der Waals surface area contributed by atoms with E-state index in [1.165, 1.54) is 64.1 Å². The number of nitrogens with zero attached hydrogens (tertiary/aromatic N) is 2. The molecular formula is C25H15ClN2O4S3. The summed E-state index contributed by atoms with van der Waals surface area (Å²) in [6.07, 6.45) is 0. The zero-order valence-corrected chi connectivity index (χ0v) is 21.3. The first-order valence-corrected chi connectivity index (χ1v) is 13.7. The molecule has 0 atom stereocenters. The average Bonchev–Trinajstić information content (AvgIpc) is 3.61. The Morgan fingerprint density at radius 2 is 1.83 bits per heavy atom. The average molecular weight is 539 g/mol. The molecule has 5 aromatic rings. The number of methoxy groups -OCH3 is 1. The Morgan fingerprint density at radius 1 is 1.06 bits per heavy atom. The van der Waals surface area contributed by atoms with Gasteiger partial charge in [0.2, 0.25) is 0 Å². The molecule has 0 fully saturated rings. The second-order valence-electron chi connectivity index (χ2n) is 7.42. The number of nitriles is 1. The van der Waals surface area contributed by atoms with E-state index in [0.29, 0.717) is 42.5 Å². The molecule has 0 spiro atoms. The van der Waals surface area contributed by atoms with Gasteiger partial charge in [0.05, 0.1) is 33.7 Å². The highest BCUT2D eigenvalue weighted by Crippen LogP contribution is 2.46. The van der Waals surface area contributed by atoms with Crippen molar-refractivity contribution in [1.29, 1.82) is 5.26 Å². The van der Waals surface area contributed by atoms with Crippen LogP contribution in [0.25, 0.3) is 32.6 Å². The van der Waals surface area contributed by atoms with Gasteiger partial charge in [0.25, 0.3) is 10.0 Å². The molecule has 0 saturated carbocycles. The highest BCUT2D eigenvalue weighted by molar-refractivity contribution is 7.90. The molecule has 35 heavy (non-hydrogen) atoms. The second kappa shape index (κ2) is 8.98. The van der Waals surface area contributed by atoms with Crippen LogP contribution < -0.4 is 0 Å². The number of carbonyl (C=O) groups excluding carboxylic acids is 1. The second-order valence-corrected chi connectivity index (χ2v) is 11.5. The molecule has 3 aromatic heterocycles. The smallest absolute Gasteiger partial charge is 0.337 e.